The molecule has 1 fully saturated rings. The first-order valence-corrected chi connectivity index (χ1v) is 6.34. The molecule has 2 aliphatic rings. The Hall–Kier alpha value is -0.520. The fraction of sp³-hybridized carbons (Fsp3) is 0.733. The van der Waals surface area contributed by atoms with Crippen LogP contribution in [-0.4, -0.2) is 0 Å². The molecule has 0 heterocycles. The van der Waals surface area contributed by atoms with Gasteiger partial charge in [-0.2, -0.15) is 0 Å². The van der Waals surface area contributed by atoms with E-state index < -0.39 is 0 Å². The molecule has 0 aromatic carbocycles. The summed E-state index contributed by atoms with van der Waals surface area (Å²) < 4.78 is 0. The molecule has 0 heteroatoms. The average molecular weight is 204 g/mol. The molecular formula is C15H24. The van der Waals surface area contributed by atoms with Crippen molar-refractivity contribution in [2.24, 2.45) is 17.3 Å². The van der Waals surface area contributed by atoms with Gasteiger partial charge in [0.25, 0.3) is 0 Å². The van der Waals surface area contributed by atoms with Crippen LogP contribution in [0.3, 0.4) is 0 Å². The standard InChI is InChI=1S/C15H24/c1-11-6-5-7-12(2)10-14-13(9-8-11)15(14,3)4/h6,10,13-14H,5,7-9H2,1-4H3/t13-,14+/m1/s1. The van der Waals surface area contributed by atoms with Crippen LogP contribution in [0.4, 0.5) is 0 Å². The fourth-order valence-corrected chi connectivity index (χ4v) is 3.09. The summed E-state index contributed by atoms with van der Waals surface area (Å²) in [7, 11) is 0. The summed E-state index contributed by atoms with van der Waals surface area (Å²) in [6.45, 7) is 9.47. The first-order chi connectivity index (χ1) is 7.01. The van der Waals surface area contributed by atoms with E-state index in [0.29, 0.717) is 5.41 Å². The second-order valence-electron chi connectivity index (χ2n) is 6.09. The Kier molecular flexibility index (Phi) is 2.79. The molecule has 15 heavy (non-hydrogen) atoms. The Morgan fingerprint density at radius 2 is 1.87 bits per heavy atom. The summed E-state index contributed by atoms with van der Waals surface area (Å²) in [6, 6.07) is 0. The molecule has 1 saturated carbocycles. The Bertz CT molecular complexity index is 304. The number of allylic oxidation sites excluding steroid dienone is 4. The minimum absolute atomic E-state index is 0.575. The summed E-state index contributed by atoms with van der Waals surface area (Å²) >= 11 is 0. The Morgan fingerprint density at radius 3 is 2.60 bits per heavy atom. The van der Waals surface area contributed by atoms with Gasteiger partial charge in [0, 0.05) is 0 Å². The van der Waals surface area contributed by atoms with E-state index in [-0.39, 0.29) is 0 Å². The SMILES string of the molecule is CC1=C[C@H]2[C@@H](CCC(C)=CCC1)C2(C)C. The molecule has 0 N–H and O–H groups in total. The third kappa shape index (κ3) is 2.19. The minimum Gasteiger partial charge on any atom is -0.0853 e. The first-order valence-electron chi connectivity index (χ1n) is 6.34. The maximum absolute atomic E-state index is 2.55. The molecule has 0 spiro atoms. The van der Waals surface area contributed by atoms with Crippen molar-refractivity contribution >= 4 is 0 Å². The van der Waals surface area contributed by atoms with Crippen LogP contribution >= 0.6 is 0 Å². The van der Waals surface area contributed by atoms with E-state index in [1.165, 1.54) is 25.7 Å². The molecule has 0 radical (unpaired) electrons. The number of hydrogen-bond acceptors (Lipinski definition) is 0. The maximum atomic E-state index is 2.55. The maximum Gasteiger partial charge on any atom is -0.0143 e. The van der Waals surface area contributed by atoms with Crippen molar-refractivity contribution in [3.05, 3.63) is 23.3 Å². The number of fused-ring (bicyclic) bond motifs is 1. The first kappa shape index (κ1) is 11.0. The van der Waals surface area contributed by atoms with Crippen molar-refractivity contribution in [3.63, 3.8) is 0 Å². The Morgan fingerprint density at radius 1 is 1.13 bits per heavy atom. The highest BCUT2D eigenvalue weighted by molar-refractivity contribution is 5.19. The lowest BCUT2D eigenvalue weighted by atomic mass is 10.0. The van der Waals surface area contributed by atoms with Crippen molar-refractivity contribution in [2.75, 3.05) is 0 Å². The highest BCUT2D eigenvalue weighted by Gasteiger charge is 2.55. The normalized spacial score (nSPS) is 34.9. The Labute approximate surface area is 94.5 Å². The predicted molar refractivity (Wildman–Crippen MR) is 66.7 cm³/mol. The molecule has 0 aliphatic heterocycles. The van der Waals surface area contributed by atoms with Gasteiger partial charge in [-0.3, -0.25) is 0 Å². The summed E-state index contributed by atoms with van der Waals surface area (Å²) in [5.74, 6) is 1.80. The van der Waals surface area contributed by atoms with Crippen LogP contribution < -0.4 is 0 Å². The second-order valence-corrected chi connectivity index (χ2v) is 6.09. The van der Waals surface area contributed by atoms with Gasteiger partial charge in [-0.05, 0) is 56.8 Å². The summed E-state index contributed by atoms with van der Waals surface area (Å²) in [5, 5.41) is 0. The lowest BCUT2D eigenvalue weighted by Crippen LogP contribution is -1.90. The predicted octanol–water partition coefficient (Wildman–Crippen LogP) is 4.73. The van der Waals surface area contributed by atoms with Gasteiger partial charge in [0.2, 0.25) is 0 Å². The van der Waals surface area contributed by atoms with E-state index in [4.69, 9.17) is 0 Å². The van der Waals surface area contributed by atoms with E-state index in [1.54, 1.807) is 11.1 Å². The molecule has 0 nitrogen and oxygen atoms in total. The zero-order valence-electron chi connectivity index (χ0n) is 10.6. The molecule has 84 valence electrons. The monoisotopic (exact) mass is 204 g/mol. The van der Waals surface area contributed by atoms with Crippen LogP contribution in [0.15, 0.2) is 23.3 Å². The van der Waals surface area contributed by atoms with Crippen molar-refractivity contribution in [3.8, 4) is 0 Å². The smallest absolute Gasteiger partial charge is 0.0143 e. The fourth-order valence-electron chi connectivity index (χ4n) is 3.09. The molecule has 0 amide bonds. The Balaban J connectivity index is 2.13. The van der Waals surface area contributed by atoms with Crippen molar-refractivity contribution < 1.29 is 0 Å². The highest BCUT2D eigenvalue weighted by atomic mass is 14.6. The molecule has 0 saturated heterocycles. The van der Waals surface area contributed by atoms with Crippen molar-refractivity contribution in [2.45, 2.75) is 53.4 Å². The van der Waals surface area contributed by atoms with Gasteiger partial charge in [0.05, 0.1) is 0 Å². The number of rotatable bonds is 0. The van der Waals surface area contributed by atoms with Crippen molar-refractivity contribution in [1.29, 1.82) is 0 Å². The lowest BCUT2D eigenvalue weighted by molar-refractivity contribution is 0.528. The number of hydrogen-bond donors (Lipinski definition) is 0. The third-order valence-corrected chi connectivity index (χ3v) is 4.48. The van der Waals surface area contributed by atoms with Crippen LogP contribution in [0.2, 0.25) is 0 Å². The van der Waals surface area contributed by atoms with Gasteiger partial charge in [-0.25, -0.2) is 0 Å². The topological polar surface area (TPSA) is 0 Å². The van der Waals surface area contributed by atoms with E-state index in [2.05, 4.69) is 39.8 Å². The summed E-state index contributed by atoms with van der Waals surface area (Å²) in [6.07, 6.45) is 10.2. The van der Waals surface area contributed by atoms with Crippen LogP contribution in [0.25, 0.3) is 0 Å². The van der Waals surface area contributed by atoms with E-state index in [9.17, 15) is 0 Å². The molecule has 2 aliphatic carbocycles. The molecular weight excluding hydrogens is 180 g/mol. The quantitative estimate of drug-likeness (QED) is 0.501. The van der Waals surface area contributed by atoms with E-state index >= 15 is 0 Å². The molecule has 0 bridgehead atoms. The van der Waals surface area contributed by atoms with E-state index in [1.807, 2.05) is 0 Å². The van der Waals surface area contributed by atoms with Gasteiger partial charge in [-0.1, -0.05) is 37.1 Å². The van der Waals surface area contributed by atoms with Crippen LogP contribution in [0, 0.1) is 17.3 Å². The van der Waals surface area contributed by atoms with Gasteiger partial charge >= 0.3 is 0 Å². The summed E-state index contributed by atoms with van der Waals surface area (Å²) in [4.78, 5) is 0. The largest absolute Gasteiger partial charge is 0.0853 e. The molecule has 0 aromatic heterocycles. The minimum atomic E-state index is 0.575. The van der Waals surface area contributed by atoms with Crippen LogP contribution in [0.5, 0.6) is 0 Å². The molecule has 0 aromatic rings. The third-order valence-electron chi connectivity index (χ3n) is 4.48. The second kappa shape index (κ2) is 3.81. The average Bonchev–Trinajstić information content (AvgIpc) is 2.65. The molecule has 2 rings (SSSR count). The zero-order chi connectivity index (χ0) is 11.1. The zero-order valence-corrected chi connectivity index (χ0v) is 10.6. The van der Waals surface area contributed by atoms with Gasteiger partial charge in [0.15, 0.2) is 0 Å². The van der Waals surface area contributed by atoms with Crippen LogP contribution in [0.1, 0.15) is 53.4 Å². The summed E-state index contributed by atoms with van der Waals surface area (Å²) in [5.41, 5.74) is 3.78. The van der Waals surface area contributed by atoms with Gasteiger partial charge < -0.3 is 0 Å². The highest BCUT2D eigenvalue weighted by Crippen LogP contribution is 2.61. The lowest BCUT2D eigenvalue weighted by Gasteiger charge is -2.05. The van der Waals surface area contributed by atoms with Gasteiger partial charge in [-0.15, -0.1) is 0 Å². The van der Waals surface area contributed by atoms with Gasteiger partial charge in [0.1, 0.15) is 0 Å². The van der Waals surface area contributed by atoms with Crippen molar-refractivity contribution in [1.82, 2.24) is 0 Å². The molecule has 2 atom stereocenters. The van der Waals surface area contributed by atoms with E-state index in [0.717, 1.165) is 11.8 Å². The van der Waals surface area contributed by atoms with Crippen LogP contribution in [-0.2, 0) is 0 Å². The molecule has 0 unspecified atom stereocenters.